The van der Waals surface area contributed by atoms with E-state index in [-0.39, 0.29) is 5.91 Å². The van der Waals surface area contributed by atoms with Crippen LogP contribution < -0.4 is 15.4 Å². The molecule has 0 aliphatic heterocycles. The van der Waals surface area contributed by atoms with Crippen LogP contribution in [0.4, 0.5) is 0 Å². The van der Waals surface area contributed by atoms with E-state index >= 15 is 0 Å². The van der Waals surface area contributed by atoms with Crippen molar-refractivity contribution in [3.8, 4) is 5.75 Å². The van der Waals surface area contributed by atoms with Gasteiger partial charge >= 0.3 is 0 Å². The highest BCUT2D eigenvalue weighted by atomic mass is 79.9. The molecule has 5 heteroatoms. The SMILES string of the molecule is CCNCCNC(=O)C(C)Oc1cccc(Br)c1. The first kappa shape index (κ1) is 15.0. The van der Waals surface area contributed by atoms with Gasteiger partial charge in [0.2, 0.25) is 0 Å². The summed E-state index contributed by atoms with van der Waals surface area (Å²) in [5, 5.41) is 5.95. The molecule has 1 atom stereocenters. The Hall–Kier alpha value is -1.07. The normalized spacial score (nSPS) is 11.9. The fraction of sp³-hybridized carbons (Fsp3) is 0.462. The quantitative estimate of drug-likeness (QED) is 0.756. The molecule has 100 valence electrons. The summed E-state index contributed by atoms with van der Waals surface area (Å²) < 4.78 is 6.48. The third-order valence-corrected chi connectivity index (χ3v) is 2.82. The Kier molecular flexibility index (Phi) is 6.75. The van der Waals surface area contributed by atoms with Crippen molar-refractivity contribution in [2.75, 3.05) is 19.6 Å². The number of carbonyl (C=O) groups excluding carboxylic acids is 1. The van der Waals surface area contributed by atoms with Crippen LogP contribution >= 0.6 is 15.9 Å². The van der Waals surface area contributed by atoms with Crippen molar-refractivity contribution in [3.63, 3.8) is 0 Å². The Balaban J connectivity index is 2.35. The lowest BCUT2D eigenvalue weighted by Gasteiger charge is -2.14. The Labute approximate surface area is 116 Å². The molecule has 0 aliphatic carbocycles. The molecule has 0 spiro atoms. The number of halogens is 1. The fourth-order valence-corrected chi connectivity index (χ4v) is 1.77. The molecule has 1 aromatic carbocycles. The van der Waals surface area contributed by atoms with Crippen molar-refractivity contribution in [3.05, 3.63) is 28.7 Å². The largest absolute Gasteiger partial charge is 0.481 e. The van der Waals surface area contributed by atoms with Crippen LogP contribution in [0.2, 0.25) is 0 Å². The van der Waals surface area contributed by atoms with Gasteiger partial charge in [0, 0.05) is 17.6 Å². The summed E-state index contributed by atoms with van der Waals surface area (Å²) in [4.78, 5) is 11.7. The van der Waals surface area contributed by atoms with Crippen LogP contribution in [0.25, 0.3) is 0 Å². The lowest BCUT2D eigenvalue weighted by Crippen LogP contribution is -2.39. The number of carbonyl (C=O) groups is 1. The van der Waals surface area contributed by atoms with E-state index in [9.17, 15) is 4.79 Å². The molecule has 0 saturated carbocycles. The van der Waals surface area contributed by atoms with Gasteiger partial charge in [-0.2, -0.15) is 0 Å². The minimum atomic E-state index is -0.499. The van der Waals surface area contributed by atoms with Crippen LogP contribution in [-0.2, 0) is 4.79 Å². The van der Waals surface area contributed by atoms with Gasteiger partial charge in [0.1, 0.15) is 5.75 Å². The van der Waals surface area contributed by atoms with Crippen LogP contribution in [0.15, 0.2) is 28.7 Å². The average Bonchev–Trinajstić information content (AvgIpc) is 2.34. The summed E-state index contributed by atoms with van der Waals surface area (Å²) in [6, 6.07) is 7.44. The summed E-state index contributed by atoms with van der Waals surface area (Å²) in [6.07, 6.45) is -0.499. The van der Waals surface area contributed by atoms with E-state index in [0.717, 1.165) is 17.6 Å². The van der Waals surface area contributed by atoms with Crippen molar-refractivity contribution >= 4 is 21.8 Å². The predicted molar refractivity (Wildman–Crippen MR) is 75.8 cm³/mol. The first-order valence-electron chi connectivity index (χ1n) is 6.04. The van der Waals surface area contributed by atoms with Gasteiger partial charge in [-0.25, -0.2) is 0 Å². The van der Waals surface area contributed by atoms with Crippen molar-refractivity contribution in [1.29, 1.82) is 0 Å². The molecule has 1 amide bonds. The topological polar surface area (TPSA) is 50.4 Å². The first-order chi connectivity index (χ1) is 8.63. The molecule has 0 heterocycles. The number of rotatable bonds is 7. The number of hydrogen-bond acceptors (Lipinski definition) is 3. The summed E-state index contributed by atoms with van der Waals surface area (Å²) in [5.74, 6) is 0.576. The van der Waals surface area contributed by atoms with Crippen molar-refractivity contribution in [2.24, 2.45) is 0 Å². The van der Waals surface area contributed by atoms with Crippen LogP contribution in [-0.4, -0.2) is 31.6 Å². The van der Waals surface area contributed by atoms with Crippen molar-refractivity contribution in [2.45, 2.75) is 20.0 Å². The minimum Gasteiger partial charge on any atom is -0.481 e. The summed E-state index contributed by atoms with van der Waals surface area (Å²) in [7, 11) is 0. The number of amides is 1. The van der Waals surface area contributed by atoms with E-state index in [1.54, 1.807) is 6.92 Å². The van der Waals surface area contributed by atoms with E-state index in [4.69, 9.17) is 4.74 Å². The zero-order valence-electron chi connectivity index (χ0n) is 10.7. The Morgan fingerprint density at radius 3 is 2.89 bits per heavy atom. The van der Waals surface area contributed by atoms with E-state index in [0.29, 0.717) is 12.3 Å². The minimum absolute atomic E-state index is 0.104. The Morgan fingerprint density at radius 2 is 2.22 bits per heavy atom. The summed E-state index contributed by atoms with van der Waals surface area (Å²) in [5.41, 5.74) is 0. The number of hydrogen-bond donors (Lipinski definition) is 2. The zero-order valence-corrected chi connectivity index (χ0v) is 12.3. The molecule has 0 aromatic heterocycles. The lowest BCUT2D eigenvalue weighted by molar-refractivity contribution is -0.127. The molecule has 1 aromatic rings. The number of likely N-dealkylation sites (N-methyl/N-ethyl adjacent to an activating group) is 1. The van der Waals surface area contributed by atoms with Gasteiger partial charge in [-0.05, 0) is 31.7 Å². The van der Waals surface area contributed by atoms with Crippen molar-refractivity contribution in [1.82, 2.24) is 10.6 Å². The van der Waals surface area contributed by atoms with E-state index < -0.39 is 6.10 Å². The highest BCUT2D eigenvalue weighted by molar-refractivity contribution is 9.10. The standard InChI is InChI=1S/C13H19BrN2O2/c1-3-15-7-8-16-13(17)10(2)18-12-6-4-5-11(14)9-12/h4-6,9-10,15H,3,7-8H2,1-2H3,(H,16,17). The molecule has 1 rings (SSSR count). The van der Waals surface area contributed by atoms with E-state index in [2.05, 4.69) is 26.6 Å². The first-order valence-corrected chi connectivity index (χ1v) is 6.83. The van der Waals surface area contributed by atoms with E-state index in [1.807, 2.05) is 31.2 Å². The third-order valence-electron chi connectivity index (χ3n) is 2.33. The number of ether oxygens (including phenoxy) is 1. The van der Waals surface area contributed by atoms with Gasteiger partial charge in [0.05, 0.1) is 0 Å². The smallest absolute Gasteiger partial charge is 0.260 e. The molecule has 2 N–H and O–H groups in total. The Bertz CT molecular complexity index is 385. The van der Waals surface area contributed by atoms with Crippen LogP contribution in [0, 0.1) is 0 Å². The molecule has 0 bridgehead atoms. The highest BCUT2D eigenvalue weighted by Crippen LogP contribution is 2.18. The second-order valence-electron chi connectivity index (χ2n) is 3.86. The maximum absolute atomic E-state index is 11.7. The maximum atomic E-state index is 11.7. The second kappa shape index (κ2) is 8.11. The van der Waals surface area contributed by atoms with E-state index in [1.165, 1.54) is 0 Å². The molecule has 0 saturated heterocycles. The van der Waals surface area contributed by atoms with Gasteiger partial charge in [-0.1, -0.05) is 28.9 Å². The molecule has 0 radical (unpaired) electrons. The average molecular weight is 315 g/mol. The molecule has 4 nitrogen and oxygen atoms in total. The molecule has 0 fully saturated rings. The van der Waals surface area contributed by atoms with Gasteiger partial charge < -0.3 is 15.4 Å². The highest BCUT2D eigenvalue weighted by Gasteiger charge is 2.13. The number of nitrogens with one attached hydrogen (secondary N) is 2. The molecule has 18 heavy (non-hydrogen) atoms. The van der Waals surface area contributed by atoms with Crippen LogP contribution in [0.5, 0.6) is 5.75 Å². The molecular weight excluding hydrogens is 296 g/mol. The molecule has 1 unspecified atom stereocenters. The Morgan fingerprint density at radius 1 is 1.44 bits per heavy atom. The second-order valence-corrected chi connectivity index (χ2v) is 4.78. The third kappa shape index (κ3) is 5.51. The molecular formula is C13H19BrN2O2. The monoisotopic (exact) mass is 314 g/mol. The predicted octanol–water partition coefficient (Wildman–Crippen LogP) is 1.94. The van der Waals surface area contributed by atoms with Crippen LogP contribution in [0.3, 0.4) is 0 Å². The van der Waals surface area contributed by atoms with Gasteiger partial charge in [-0.3, -0.25) is 4.79 Å². The molecule has 0 aliphatic rings. The van der Waals surface area contributed by atoms with Crippen LogP contribution in [0.1, 0.15) is 13.8 Å². The summed E-state index contributed by atoms with van der Waals surface area (Å²) in [6.45, 7) is 6.05. The maximum Gasteiger partial charge on any atom is 0.260 e. The van der Waals surface area contributed by atoms with Gasteiger partial charge in [0.25, 0.3) is 5.91 Å². The number of benzene rings is 1. The fourth-order valence-electron chi connectivity index (χ4n) is 1.39. The van der Waals surface area contributed by atoms with Crippen molar-refractivity contribution < 1.29 is 9.53 Å². The van der Waals surface area contributed by atoms with Gasteiger partial charge in [-0.15, -0.1) is 0 Å². The van der Waals surface area contributed by atoms with Gasteiger partial charge in [0.15, 0.2) is 6.10 Å². The lowest BCUT2D eigenvalue weighted by atomic mass is 10.3. The summed E-state index contributed by atoms with van der Waals surface area (Å²) >= 11 is 3.36. The zero-order chi connectivity index (χ0) is 13.4.